The second-order valence-corrected chi connectivity index (χ2v) is 6.28. The number of ether oxygens (including phenoxy) is 3. The molecule has 6 nitrogen and oxygen atoms in total. The van der Waals surface area contributed by atoms with Crippen LogP contribution in [-0.4, -0.2) is 32.4 Å². The molecule has 3 aromatic rings. The lowest BCUT2D eigenvalue weighted by atomic mass is 10.0. The van der Waals surface area contributed by atoms with Gasteiger partial charge >= 0.3 is 0 Å². The molecule has 1 amide bonds. The van der Waals surface area contributed by atoms with Gasteiger partial charge in [-0.3, -0.25) is 4.79 Å². The van der Waals surface area contributed by atoms with Crippen molar-refractivity contribution in [2.45, 2.75) is 13.3 Å². The van der Waals surface area contributed by atoms with Crippen LogP contribution in [0, 0.1) is 0 Å². The Morgan fingerprint density at radius 1 is 0.966 bits per heavy atom. The molecule has 0 fully saturated rings. The molecule has 0 bridgehead atoms. The van der Waals surface area contributed by atoms with Crippen molar-refractivity contribution < 1.29 is 19.0 Å². The standard InChI is InChI=1S/C23H24N2O4/c1-3-14-28-20-13-12-17-8-4-5-9-18(17)19(20)15-24-25-23(26)16-29-22-11-7-6-10-21(22)27-2/h4-13,15H,3,14,16H2,1-2H3,(H,25,26)/b24-15-. The van der Waals surface area contributed by atoms with Crippen molar-refractivity contribution in [3.63, 3.8) is 0 Å². The number of fused-ring (bicyclic) bond motifs is 1. The van der Waals surface area contributed by atoms with E-state index in [-0.39, 0.29) is 12.5 Å². The third-order valence-corrected chi connectivity index (χ3v) is 4.20. The van der Waals surface area contributed by atoms with Gasteiger partial charge in [-0.1, -0.05) is 49.4 Å². The average Bonchev–Trinajstić information content (AvgIpc) is 2.77. The van der Waals surface area contributed by atoms with Crippen molar-refractivity contribution in [2.24, 2.45) is 5.10 Å². The third kappa shape index (κ3) is 5.25. The van der Waals surface area contributed by atoms with E-state index in [0.717, 1.165) is 28.5 Å². The lowest BCUT2D eigenvalue weighted by Crippen LogP contribution is -2.24. The summed E-state index contributed by atoms with van der Waals surface area (Å²) in [6.45, 7) is 2.49. The van der Waals surface area contributed by atoms with Crippen LogP contribution in [0.2, 0.25) is 0 Å². The maximum absolute atomic E-state index is 12.1. The largest absolute Gasteiger partial charge is 0.493 e. The summed E-state index contributed by atoms with van der Waals surface area (Å²) in [7, 11) is 1.55. The van der Waals surface area contributed by atoms with Crippen molar-refractivity contribution in [3.8, 4) is 17.2 Å². The van der Waals surface area contributed by atoms with E-state index in [1.807, 2.05) is 48.5 Å². The summed E-state index contributed by atoms with van der Waals surface area (Å²) in [5.41, 5.74) is 3.32. The molecular weight excluding hydrogens is 368 g/mol. The summed E-state index contributed by atoms with van der Waals surface area (Å²) in [6.07, 6.45) is 2.51. The monoisotopic (exact) mass is 392 g/mol. The van der Waals surface area contributed by atoms with Gasteiger partial charge in [-0.25, -0.2) is 5.43 Å². The van der Waals surface area contributed by atoms with Gasteiger partial charge in [-0.15, -0.1) is 0 Å². The predicted molar refractivity (Wildman–Crippen MR) is 114 cm³/mol. The Bertz CT molecular complexity index is 1000. The molecule has 3 aromatic carbocycles. The van der Waals surface area contributed by atoms with Crippen molar-refractivity contribution in [3.05, 3.63) is 66.2 Å². The van der Waals surface area contributed by atoms with Crippen LogP contribution < -0.4 is 19.6 Å². The molecule has 0 radical (unpaired) electrons. The zero-order valence-electron chi connectivity index (χ0n) is 16.6. The highest BCUT2D eigenvalue weighted by molar-refractivity contribution is 6.02. The minimum Gasteiger partial charge on any atom is -0.493 e. The minimum atomic E-state index is -0.372. The summed E-state index contributed by atoms with van der Waals surface area (Å²) in [5.74, 6) is 1.42. The first-order valence-corrected chi connectivity index (χ1v) is 9.45. The zero-order chi connectivity index (χ0) is 20.5. The lowest BCUT2D eigenvalue weighted by Gasteiger charge is -2.11. The second kappa shape index (κ2) is 10.1. The predicted octanol–water partition coefficient (Wildman–Crippen LogP) is 4.17. The number of benzene rings is 3. The molecule has 3 rings (SSSR count). The Labute approximate surface area is 170 Å². The Balaban J connectivity index is 1.69. The van der Waals surface area contributed by atoms with Gasteiger partial charge in [0.15, 0.2) is 18.1 Å². The number of rotatable bonds is 9. The topological polar surface area (TPSA) is 69.2 Å². The molecule has 150 valence electrons. The first kappa shape index (κ1) is 20.2. The zero-order valence-corrected chi connectivity index (χ0v) is 16.6. The fourth-order valence-corrected chi connectivity index (χ4v) is 2.83. The summed E-state index contributed by atoms with van der Waals surface area (Å²) in [6, 6.07) is 19.0. The Kier molecular flexibility index (Phi) is 7.05. The summed E-state index contributed by atoms with van der Waals surface area (Å²) >= 11 is 0. The molecule has 0 aliphatic carbocycles. The molecule has 0 spiro atoms. The molecule has 0 aromatic heterocycles. The molecule has 0 unspecified atom stereocenters. The number of hydrogen-bond donors (Lipinski definition) is 1. The maximum atomic E-state index is 12.1. The first-order valence-electron chi connectivity index (χ1n) is 9.45. The van der Waals surface area contributed by atoms with E-state index in [1.54, 1.807) is 25.5 Å². The quantitative estimate of drug-likeness (QED) is 0.438. The van der Waals surface area contributed by atoms with Crippen LogP contribution in [0.3, 0.4) is 0 Å². The first-order chi connectivity index (χ1) is 14.2. The lowest BCUT2D eigenvalue weighted by molar-refractivity contribution is -0.123. The Morgan fingerprint density at radius 2 is 1.72 bits per heavy atom. The van der Waals surface area contributed by atoms with E-state index in [2.05, 4.69) is 17.5 Å². The van der Waals surface area contributed by atoms with Gasteiger partial charge in [0.05, 0.1) is 19.9 Å². The van der Waals surface area contributed by atoms with Gasteiger partial charge in [0.25, 0.3) is 5.91 Å². The van der Waals surface area contributed by atoms with Gasteiger partial charge < -0.3 is 14.2 Å². The normalized spacial score (nSPS) is 10.8. The highest BCUT2D eigenvalue weighted by atomic mass is 16.5. The minimum absolute atomic E-state index is 0.174. The number of hydrogen-bond acceptors (Lipinski definition) is 5. The van der Waals surface area contributed by atoms with E-state index in [4.69, 9.17) is 14.2 Å². The number of amides is 1. The maximum Gasteiger partial charge on any atom is 0.277 e. The summed E-state index contributed by atoms with van der Waals surface area (Å²) < 4.78 is 16.5. The molecule has 0 saturated carbocycles. The number of nitrogens with zero attached hydrogens (tertiary/aromatic N) is 1. The van der Waals surface area contributed by atoms with Gasteiger partial charge in [-0.05, 0) is 35.4 Å². The second-order valence-electron chi connectivity index (χ2n) is 6.28. The van der Waals surface area contributed by atoms with Crippen LogP contribution in [0.25, 0.3) is 10.8 Å². The molecule has 6 heteroatoms. The third-order valence-electron chi connectivity index (χ3n) is 4.20. The Morgan fingerprint density at radius 3 is 2.52 bits per heavy atom. The molecule has 0 atom stereocenters. The molecule has 0 heterocycles. The number of carbonyl (C=O) groups is 1. The number of hydrazone groups is 1. The highest BCUT2D eigenvalue weighted by Crippen LogP contribution is 2.27. The van der Waals surface area contributed by atoms with Gasteiger partial charge in [0, 0.05) is 5.56 Å². The molecule has 29 heavy (non-hydrogen) atoms. The van der Waals surface area contributed by atoms with E-state index < -0.39 is 0 Å². The Hall–Kier alpha value is -3.54. The van der Waals surface area contributed by atoms with Gasteiger partial charge in [-0.2, -0.15) is 5.10 Å². The average molecular weight is 392 g/mol. The fraction of sp³-hybridized carbons (Fsp3) is 0.217. The summed E-state index contributed by atoms with van der Waals surface area (Å²) in [4.78, 5) is 12.1. The van der Waals surface area contributed by atoms with Crippen LogP contribution in [-0.2, 0) is 4.79 Å². The van der Waals surface area contributed by atoms with Crippen molar-refractivity contribution in [2.75, 3.05) is 20.3 Å². The fourth-order valence-electron chi connectivity index (χ4n) is 2.83. The summed E-state index contributed by atoms with van der Waals surface area (Å²) in [5, 5.41) is 6.18. The van der Waals surface area contributed by atoms with Crippen LogP contribution in [0.1, 0.15) is 18.9 Å². The van der Waals surface area contributed by atoms with Crippen molar-refractivity contribution in [1.82, 2.24) is 5.43 Å². The van der Waals surface area contributed by atoms with Crippen LogP contribution >= 0.6 is 0 Å². The van der Waals surface area contributed by atoms with Crippen LogP contribution in [0.4, 0.5) is 0 Å². The van der Waals surface area contributed by atoms with Gasteiger partial charge in [0.1, 0.15) is 5.75 Å². The molecule has 1 N–H and O–H groups in total. The molecule has 0 aliphatic heterocycles. The van der Waals surface area contributed by atoms with Crippen LogP contribution in [0.5, 0.6) is 17.2 Å². The van der Waals surface area contributed by atoms with E-state index in [9.17, 15) is 4.79 Å². The van der Waals surface area contributed by atoms with Crippen molar-refractivity contribution >= 4 is 22.9 Å². The number of para-hydroxylation sites is 2. The van der Waals surface area contributed by atoms with E-state index >= 15 is 0 Å². The SMILES string of the molecule is CCCOc1ccc2ccccc2c1/C=N\NC(=O)COc1ccccc1OC. The van der Waals surface area contributed by atoms with E-state index in [0.29, 0.717) is 18.1 Å². The van der Waals surface area contributed by atoms with Crippen molar-refractivity contribution in [1.29, 1.82) is 0 Å². The number of methoxy groups -OCH3 is 1. The van der Waals surface area contributed by atoms with E-state index in [1.165, 1.54) is 0 Å². The smallest absolute Gasteiger partial charge is 0.277 e. The van der Waals surface area contributed by atoms with Gasteiger partial charge in [0.2, 0.25) is 0 Å². The molecular formula is C23H24N2O4. The number of carbonyl (C=O) groups excluding carboxylic acids is 1. The molecule has 0 aliphatic rings. The van der Waals surface area contributed by atoms with Crippen LogP contribution in [0.15, 0.2) is 65.8 Å². The highest BCUT2D eigenvalue weighted by Gasteiger charge is 2.08. The molecule has 0 saturated heterocycles. The number of nitrogens with one attached hydrogen (secondary N) is 1.